The average molecular weight is 377 g/mol. The monoisotopic (exact) mass is 376 g/mol. The number of methoxy groups -OCH3 is 2. The summed E-state index contributed by atoms with van der Waals surface area (Å²) >= 11 is 1.72. The van der Waals surface area contributed by atoms with Crippen LogP contribution in [0.15, 0.2) is 23.2 Å². The van der Waals surface area contributed by atoms with Crippen molar-refractivity contribution in [2.45, 2.75) is 33.2 Å². The number of aryl methyl sites for hydroxylation is 3. The molecule has 1 aromatic carbocycles. The van der Waals surface area contributed by atoms with Gasteiger partial charge in [0.05, 0.1) is 26.5 Å². The number of aliphatic imine (C=N–C) groups is 1. The maximum atomic E-state index is 5.35. The molecule has 0 amide bonds. The lowest BCUT2D eigenvalue weighted by atomic mass is 10.1. The van der Waals surface area contributed by atoms with E-state index in [-0.39, 0.29) is 0 Å². The number of ether oxygens (including phenoxy) is 2. The maximum absolute atomic E-state index is 5.35. The normalized spacial score (nSPS) is 11.3. The van der Waals surface area contributed by atoms with E-state index in [1.54, 1.807) is 32.6 Å². The fourth-order valence-electron chi connectivity index (χ4n) is 2.53. The summed E-state index contributed by atoms with van der Waals surface area (Å²) in [6, 6.07) is 6.04. The highest BCUT2D eigenvalue weighted by atomic mass is 32.1. The summed E-state index contributed by atoms with van der Waals surface area (Å²) in [5, 5.41) is 7.73. The van der Waals surface area contributed by atoms with Crippen molar-refractivity contribution in [1.29, 1.82) is 0 Å². The number of benzene rings is 1. The summed E-state index contributed by atoms with van der Waals surface area (Å²) in [7, 11) is 5.08. The van der Waals surface area contributed by atoms with Crippen molar-refractivity contribution >= 4 is 17.3 Å². The summed E-state index contributed by atoms with van der Waals surface area (Å²) in [5.41, 5.74) is 2.32. The van der Waals surface area contributed by atoms with Gasteiger partial charge in [-0.15, -0.1) is 11.3 Å². The van der Waals surface area contributed by atoms with E-state index in [2.05, 4.69) is 33.6 Å². The summed E-state index contributed by atoms with van der Waals surface area (Å²) in [4.78, 5) is 10.1. The number of hydrogen-bond acceptors (Lipinski definition) is 5. The van der Waals surface area contributed by atoms with Crippen LogP contribution in [0.3, 0.4) is 0 Å². The molecule has 2 N–H and O–H groups in total. The Bertz CT molecular complexity index is 724. The molecule has 0 atom stereocenters. The number of aromatic nitrogens is 1. The van der Waals surface area contributed by atoms with Gasteiger partial charge in [0.25, 0.3) is 0 Å². The van der Waals surface area contributed by atoms with Crippen molar-refractivity contribution in [3.8, 4) is 11.5 Å². The van der Waals surface area contributed by atoms with Crippen LogP contribution in [0.2, 0.25) is 0 Å². The molecule has 1 heterocycles. The molecule has 26 heavy (non-hydrogen) atoms. The van der Waals surface area contributed by atoms with Crippen LogP contribution in [-0.4, -0.2) is 38.8 Å². The van der Waals surface area contributed by atoms with Gasteiger partial charge in [-0.3, -0.25) is 4.99 Å². The van der Waals surface area contributed by atoms with Crippen LogP contribution in [0.4, 0.5) is 0 Å². The fourth-order valence-corrected chi connectivity index (χ4v) is 3.40. The van der Waals surface area contributed by atoms with E-state index in [1.807, 2.05) is 19.1 Å². The molecule has 0 saturated carbocycles. The van der Waals surface area contributed by atoms with Crippen molar-refractivity contribution in [2.75, 3.05) is 27.8 Å². The molecular weight excluding hydrogens is 348 g/mol. The highest BCUT2D eigenvalue weighted by molar-refractivity contribution is 7.11. The van der Waals surface area contributed by atoms with Crippen LogP contribution < -0.4 is 20.1 Å². The summed E-state index contributed by atoms with van der Waals surface area (Å²) < 4.78 is 10.6. The highest BCUT2D eigenvalue weighted by Gasteiger charge is 2.06. The first kappa shape index (κ1) is 20.0. The fraction of sp³-hybridized carbons (Fsp3) is 0.474. The maximum Gasteiger partial charge on any atom is 0.191 e. The lowest BCUT2D eigenvalue weighted by Crippen LogP contribution is -2.37. The van der Waals surface area contributed by atoms with E-state index in [0.29, 0.717) is 6.54 Å². The third-order valence-corrected chi connectivity index (χ3v) is 5.16. The average Bonchev–Trinajstić information content (AvgIpc) is 2.98. The molecule has 0 radical (unpaired) electrons. The molecule has 6 nitrogen and oxygen atoms in total. The Labute approximate surface area is 159 Å². The first-order chi connectivity index (χ1) is 12.6. The smallest absolute Gasteiger partial charge is 0.191 e. The Morgan fingerprint density at radius 1 is 1.15 bits per heavy atom. The molecule has 0 bridgehead atoms. The molecule has 0 saturated heterocycles. The Morgan fingerprint density at radius 2 is 1.92 bits per heavy atom. The predicted molar refractivity (Wildman–Crippen MR) is 108 cm³/mol. The van der Waals surface area contributed by atoms with Crippen molar-refractivity contribution in [3.63, 3.8) is 0 Å². The van der Waals surface area contributed by atoms with Gasteiger partial charge < -0.3 is 20.1 Å². The van der Waals surface area contributed by atoms with Crippen molar-refractivity contribution in [3.05, 3.63) is 39.3 Å². The molecule has 7 heteroatoms. The van der Waals surface area contributed by atoms with Crippen LogP contribution in [-0.2, 0) is 13.0 Å². The molecule has 1 aromatic heterocycles. The molecular formula is C19H28N4O2S. The summed E-state index contributed by atoms with van der Waals surface area (Å²) in [6.07, 6.45) is 1.95. The minimum atomic E-state index is 0.689. The summed E-state index contributed by atoms with van der Waals surface area (Å²) in [6.45, 7) is 5.66. The van der Waals surface area contributed by atoms with E-state index < -0.39 is 0 Å². The Kier molecular flexibility index (Phi) is 7.72. The summed E-state index contributed by atoms with van der Waals surface area (Å²) in [5.74, 6) is 2.32. The zero-order chi connectivity index (χ0) is 18.9. The van der Waals surface area contributed by atoms with Crippen molar-refractivity contribution in [1.82, 2.24) is 15.6 Å². The molecule has 0 aliphatic rings. The third kappa shape index (κ3) is 5.62. The zero-order valence-corrected chi connectivity index (χ0v) is 17.0. The van der Waals surface area contributed by atoms with Gasteiger partial charge in [0.15, 0.2) is 17.5 Å². The van der Waals surface area contributed by atoms with Gasteiger partial charge >= 0.3 is 0 Å². The first-order valence-corrected chi connectivity index (χ1v) is 9.47. The minimum absolute atomic E-state index is 0.689. The Hall–Kier alpha value is -2.28. The highest BCUT2D eigenvalue weighted by Crippen LogP contribution is 2.27. The number of hydrogen-bond donors (Lipinski definition) is 2. The molecule has 2 rings (SSSR count). The lowest BCUT2D eigenvalue weighted by Gasteiger charge is -2.12. The van der Waals surface area contributed by atoms with Gasteiger partial charge in [0.2, 0.25) is 0 Å². The predicted octanol–water partition coefficient (Wildman–Crippen LogP) is 3.07. The molecule has 0 aliphatic heterocycles. The number of rotatable bonds is 8. The molecule has 0 fully saturated rings. The van der Waals surface area contributed by atoms with E-state index in [9.17, 15) is 0 Å². The van der Waals surface area contributed by atoms with Crippen LogP contribution in [0.1, 0.15) is 27.6 Å². The van der Waals surface area contributed by atoms with Gasteiger partial charge in [0.1, 0.15) is 5.01 Å². The largest absolute Gasteiger partial charge is 0.493 e. The van der Waals surface area contributed by atoms with Crippen LogP contribution in [0.5, 0.6) is 11.5 Å². The van der Waals surface area contributed by atoms with Crippen LogP contribution in [0.25, 0.3) is 0 Å². The molecule has 2 aromatic rings. The van der Waals surface area contributed by atoms with Crippen molar-refractivity contribution < 1.29 is 9.47 Å². The standard InChI is InChI=1S/C19H28N4O2S/c1-13-14(2)26-18(23-13)12-22-19(20-3)21-10-6-7-15-8-9-16(24-4)17(11-15)25-5/h8-9,11H,6-7,10,12H2,1-5H3,(H2,20,21,22). The number of thiazole rings is 1. The van der Waals surface area contributed by atoms with Gasteiger partial charge in [0, 0.05) is 18.5 Å². The number of nitrogens with one attached hydrogen (secondary N) is 2. The second-order valence-electron chi connectivity index (χ2n) is 5.89. The van der Waals surface area contributed by atoms with E-state index in [4.69, 9.17) is 9.47 Å². The second kappa shape index (κ2) is 10.0. The lowest BCUT2D eigenvalue weighted by molar-refractivity contribution is 0.354. The van der Waals surface area contributed by atoms with Gasteiger partial charge in [-0.2, -0.15) is 0 Å². The first-order valence-electron chi connectivity index (χ1n) is 8.65. The van der Waals surface area contributed by atoms with E-state index in [1.165, 1.54) is 10.4 Å². The zero-order valence-electron chi connectivity index (χ0n) is 16.2. The van der Waals surface area contributed by atoms with Crippen LogP contribution >= 0.6 is 11.3 Å². The van der Waals surface area contributed by atoms with Crippen molar-refractivity contribution in [2.24, 2.45) is 4.99 Å². The van der Waals surface area contributed by atoms with Gasteiger partial charge in [-0.1, -0.05) is 6.07 Å². The van der Waals surface area contributed by atoms with E-state index in [0.717, 1.165) is 47.5 Å². The van der Waals surface area contributed by atoms with E-state index >= 15 is 0 Å². The van der Waals surface area contributed by atoms with Gasteiger partial charge in [-0.25, -0.2) is 4.98 Å². The topological polar surface area (TPSA) is 67.8 Å². The van der Waals surface area contributed by atoms with Crippen LogP contribution in [0, 0.1) is 13.8 Å². The second-order valence-corrected chi connectivity index (χ2v) is 7.18. The Morgan fingerprint density at radius 3 is 2.54 bits per heavy atom. The molecule has 0 aliphatic carbocycles. The SMILES string of the molecule is CN=C(NCCCc1ccc(OC)c(OC)c1)NCc1nc(C)c(C)s1. The molecule has 0 unspecified atom stereocenters. The third-order valence-electron chi connectivity index (χ3n) is 4.09. The molecule has 0 spiro atoms. The molecule has 142 valence electrons. The quantitative estimate of drug-likeness (QED) is 0.421. The van der Waals surface area contributed by atoms with Gasteiger partial charge in [-0.05, 0) is 44.4 Å². The minimum Gasteiger partial charge on any atom is -0.493 e. The Balaban J connectivity index is 1.75. The number of nitrogens with zero attached hydrogens (tertiary/aromatic N) is 2. The number of guanidine groups is 1.